The maximum absolute atomic E-state index is 15.5. The molecule has 0 bridgehead atoms. The first-order valence-electron chi connectivity index (χ1n) is 14.5. The molecule has 9 heteroatoms. The highest BCUT2D eigenvalue weighted by Gasteiger charge is 2.15. The molecule has 232 valence electrons. The summed E-state index contributed by atoms with van der Waals surface area (Å²) in [5, 5.41) is 27.8. The van der Waals surface area contributed by atoms with Gasteiger partial charge in [-0.3, -0.25) is 0 Å². The fraction of sp³-hybridized carbons (Fsp3) is 0.485. The van der Waals surface area contributed by atoms with Crippen molar-refractivity contribution in [1.29, 1.82) is 0 Å². The fourth-order valence-electron chi connectivity index (χ4n) is 4.19. The number of carbonyl (C=O) groups excluding carboxylic acids is 1. The van der Waals surface area contributed by atoms with Crippen molar-refractivity contribution in [1.82, 2.24) is 0 Å². The lowest BCUT2D eigenvalue weighted by molar-refractivity contribution is -0.140. The highest BCUT2D eigenvalue weighted by atomic mass is 19.1. The molecule has 0 saturated heterocycles. The van der Waals surface area contributed by atoms with Gasteiger partial charge in [0.05, 0.1) is 25.4 Å². The summed E-state index contributed by atoms with van der Waals surface area (Å²) in [4.78, 5) is 11.7. The average molecular weight is 589 g/mol. The lowest BCUT2D eigenvalue weighted by atomic mass is 9.94. The largest absolute Gasteiger partial charge is 0.491 e. The number of ether oxygens (including phenoxy) is 4. The van der Waals surface area contributed by atoms with Crippen LogP contribution in [0.1, 0.15) is 57.4 Å². The average Bonchev–Trinajstić information content (AvgIpc) is 3.00. The third-order valence-corrected chi connectivity index (χ3v) is 6.59. The Morgan fingerprint density at radius 2 is 1.57 bits per heavy atom. The zero-order chi connectivity index (χ0) is 30.7. The van der Waals surface area contributed by atoms with E-state index in [4.69, 9.17) is 29.2 Å². The summed E-state index contributed by atoms with van der Waals surface area (Å²) in [6.45, 7) is 8.38. The van der Waals surface area contributed by atoms with Crippen molar-refractivity contribution in [2.75, 3.05) is 39.6 Å². The molecule has 2 aromatic rings. The Bertz CT molecular complexity index is 1130. The molecule has 3 N–H and O–H groups in total. The molecule has 0 fully saturated rings. The summed E-state index contributed by atoms with van der Waals surface area (Å²) in [5.41, 5.74) is 2.11. The minimum absolute atomic E-state index is 0.00184. The predicted octanol–water partition coefficient (Wildman–Crippen LogP) is 5.52. The maximum atomic E-state index is 15.5. The molecule has 0 saturated carbocycles. The van der Waals surface area contributed by atoms with Crippen LogP contribution in [0.15, 0.2) is 60.7 Å². The van der Waals surface area contributed by atoms with Gasteiger partial charge in [-0.15, -0.1) is 0 Å². The van der Waals surface area contributed by atoms with Gasteiger partial charge in [0.15, 0.2) is 6.29 Å². The normalized spacial score (nSPS) is 11.6. The topological polar surface area (TPSA) is 115 Å². The molecule has 2 rings (SSSR count). The smallest absolute Gasteiger partial charge is 0.335 e. The molecule has 2 aromatic carbocycles. The van der Waals surface area contributed by atoms with Crippen LogP contribution in [0.3, 0.4) is 0 Å². The van der Waals surface area contributed by atoms with Crippen LogP contribution in [0.2, 0.25) is 0 Å². The van der Waals surface area contributed by atoms with Crippen molar-refractivity contribution in [2.45, 2.75) is 64.6 Å². The molecule has 0 aliphatic rings. The molecule has 0 spiro atoms. The third kappa shape index (κ3) is 12.3. The molecule has 1 atom stereocenters. The molecule has 0 amide bonds. The van der Waals surface area contributed by atoms with Crippen LogP contribution in [0.4, 0.5) is 4.39 Å². The number of rotatable bonds is 22. The van der Waals surface area contributed by atoms with Crippen LogP contribution in [0, 0.1) is 5.82 Å². The number of hydrogen-bond acceptors (Lipinski definition) is 8. The van der Waals surface area contributed by atoms with Gasteiger partial charge < -0.3 is 34.3 Å². The second-order valence-electron chi connectivity index (χ2n) is 9.96. The minimum atomic E-state index is -1.28. The van der Waals surface area contributed by atoms with Crippen molar-refractivity contribution < 1.29 is 43.5 Å². The van der Waals surface area contributed by atoms with Crippen LogP contribution in [0.5, 0.6) is 11.5 Å². The van der Waals surface area contributed by atoms with Crippen LogP contribution >= 0.6 is 0 Å². The van der Waals surface area contributed by atoms with Crippen molar-refractivity contribution >= 4 is 5.97 Å². The van der Waals surface area contributed by atoms with Gasteiger partial charge >= 0.3 is 5.97 Å². The predicted molar refractivity (Wildman–Crippen MR) is 160 cm³/mol. The Labute approximate surface area is 248 Å². The second kappa shape index (κ2) is 19.8. The van der Waals surface area contributed by atoms with E-state index in [0.29, 0.717) is 29.0 Å². The summed E-state index contributed by atoms with van der Waals surface area (Å²) in [6, 6.07) is 10.4. The van der Waals surface area contributed by atoms with Crippen LogP contribution in [0.25, 0.3) is 11.1 Å². The van der Waals surface area contributed by atoms with Gasteiger partial charge in [0, 0.05) is 11.6 Å². The molecular weight excluding hydrogens is 543 g/mol. The van der Waals surface area contributed by atoms with Crippen LogP contribution < -0.4 is 9.47 Å². The first-order chi connectivity index (χ1) is 20.3. The maximum Gasteiger partial charge on any atom is 0.335 e. The Morgan fingerprint density at radius 3 is 2.29 bits per heavy atom. The van der Waals surface area contributed by atoms with Crippen molar-refractivity contribution in [3.63, 3.8) is 0 Å². The van der Waals surface area contributed by atoms with E-state index in [0.717, 1.165) is 24.8 Å². The van der Waals surface area contributed by atoms with Crippen LogP contribution in [-0.4, -0.2) is 67.2 Å². The molecular formula is C33H45FO8. The van der Waals surface area contributed by atoms with Gasteiger partial charge in [-0.1, -0.05) is 70.7 Å². The minimum Gasteiger partial charge on any atom is -0.491 e. The lowest BCUT2D eigenvalue weighted by Gasteiger charge is -2.16. The number of carbonyl (C=O) groups is 1. The zero-order valence-corrected chi connectivity index (χ0v) is 24.6. The lowest BCUT2D eigenvalue weighted by Crippen LogP contribution is -2.20. The van der Waals surface area contributed by atoms with E-state index in [1.165, 1.54) is 31.7 Å². The van der Waals surface area contributed by atoms with E-state index in [1.54, 1.807) is 18.2 Å². The molecule has 8 nitrogen and oxygen atoms in total. The van der Waals surface area contributed by atoms with Crippen molar-refractivity contribution in [2.24, 2.45) is 0 Å². The third-order valence-electron chi connectivity index (χ3n) is 6.59. The Hall–Kier alpha value is -3.24. The number of aliphatic hydroxyl groups is 3. The van der Waals surface area contributed by atoms with Gasteiger partial charge in [-0.25, -0.2) is 9.18 Å². The number of unbranched alkanes of at least 4 members (excludes halogenated alkanes) is 6. The van der Waals surface area contributed by atoms with Crippen molar-refractivity contribution in [3.05, 3.63) is 72.1 Å². The summed E-state index contributed by atoms with van der Waals surface area (Å²) >= 11 is 0. The summed E-state index contributed by atoms with van der Waals surface area (Å²) in [7, 11) is 0. The number of esters is 1. The Balaban J connectivity index is 2.14. The summed E-state index contributed by atoms with van der Waals surface area (Å²) in [5.74, 6) is -0.262. The number of benzene rings is 2. The standard InChI is InChI=1S/C33H45FO8/c1-4-5-6-7-8-9-10-14-29-30(20-28(21-31(29)34)40-16-18-42-33(38)25(3)23-36)26-12-11-13-27(19-26)39-15-17-41-32(37)24(2)22-35/h11-13,19-21,32,35-37H,2-10,14-18,22-23H2,1H3. The van der Waals surface area contributed by atoms with E-state index in [9.17, 15) is 9.90 Å². The second-order valence-corrected chi connectivity index (χ2v) is 9.96. The fourth-order valence-corrected chi connectivity index (χ4v) is 4.19. The quantitative estimate of drug-likeness (QED) is 0.0542. The van der Waals surface area contributed by atoms with Gasteiger partial charge in [0.1, 0.15) is 37.1 Å². The number of aliphatic hydroxyl groups excluding tert-OH is 3. The van der Waals surface area contributed by atoms with Crippen molar-refractivity contribution in [3.8, 4) is 22.6 Å². The molecule has 0 aromatic heterocycles. The van der Waals surface area contributed by atoms with E-state index in [1.807, 2.05) is 12.1 Å². The number of halogens is 1. The van der Waals surface area contributed by atoms with Gasteiger partial charge in [0.2, 0.25) is 0 Å². The summed E-state index contributed by atoms with van der Waals surface area (Å²) in [6.07, 6.45) is 7.12. The van der Waals surface area contributed by atoms with Crippen LogP contribution in [-0.2, 0) is 20.7 Å². The first kappa shape index (κ1) is 35.0. The SMILES string of the molecule is C=C(CO)C(=O)OCCOc1cc(F)c(CCCCCCCCC)c(-c2cccc(OCCOC(O)C(=C)CO)c2)c1. The highest BCUT2D eigenvalue weighted by Crippen LogP contribution is 2.33. The molecule has 1 unspecified atom stereocenters. The molecule has 42 heavy (non-hydrogen) atoms. The van der Waals surface area contributed by atoms with Gasteiger partial charge in [0.25, 0.3) is 0 Å². The van der Waals surface area contributed by atoms with E-state index in [2.05, 4.69) is 20.1 Å². The van der Waals surface area contributed by atoms with Gasteiger partial charge in [-0.05, 0) is 47.7 Å². The molecule has 0 radical (unpaired) electrons. The zero-order valence-electron chi connectivity index (χ0n) is 24.6. The number of hydrogen-bond donors (Lipinski definition) is 3. The molecule has 0 aliphatic heterocycles. The molecule has 0 aliphatic carbocycles. The van der Waals surface area contributed by atoms with Gasteiger partial charge in [-0.2, -0.15) is 0 Å². The van der Waals surface area contributed by atoms with E-state index in [-0.39, 0.29) is 50.0 Å². The van der Waals surface area contributed by atoms with E-state index >= 15 is 4.39 Å². The Kier molecular flexibility index (Phi) is 16.5. The summed E-state index contributed by atoms with van der Waals surface area (Å²) < 4.78 is 37.2. The monoisotopic (exact) mass is 588 g/mol. The molecule has 0 heterocycles. The Morgan fingerprint density at radius 1 is 0.881 bits per heavy atom. The highest BCUT2D eigenvalue weighted by molar-refractivity contribution is 5.87. The first-order valence-corrected chi connectivity index (χ1v) is 14.5. The van der Waals surface area contributed by atoms with E-state index < -0.39 is 18.9 Å².